The maximum atomic E-state index is 6.22. The molecule has 108 valence electrons. The van der Waals surface area contributed by atoms with Crippen LogP contribution in [0.1, 0.15) is 31.2 Å². The van der Waals surface area contributed by atoms with Crippen LogP contribution in [-0.2, 0) is 6.54 Å². The van der Waals surface area contributed by atoms with Gasteiger partial charge in [-0.2, -0.15) is 11.8 Å². The first kappa shape index (κ1) is 14.3. The second kappa shape index (κ2) is 6.42. The van der Waals surface area contributed by atoms with Crippen LogP contribution in [0.4, 0.5) is 0 Å². The lowest BCUT2D eigenvalue weighted by Gasteiger charge is -2.28. The Bertz CT molecular complexity index is 575. The quantitative estimate of drug-likeness (QED) is 0.874. The predicted molar refractivity (Wildman–Crippen MR) is 87.6 cm³/mol. The van der Waals surface area contributed by atoms with Gasteiger partial charge in [-0.15, -0.1) is 0 Å². The smallest absolute Gasteiger partial charge is 0.199 e. The van der Waals surface area contributed by atoms with Crippen LogP contribution in [-0.4, -0.2) is 17.5 Å². The molecular weight excluding hydrogens is 290 g/mol. The van der Waals surface area contributed by atoms with Crippen molar-refractivity contribution in [3.05, 3.63) is 35.0 Å². The van der Waals surface area contributed by atoms with Crippen LogP contribution in [0.15, 0.2) is 28.7 Å². The number of nitrogens with one attached hydrogen (secondary N) is 1. The molecule has 0 unspecified atom stereocenters. The van der Waals surface area contributed by atoms with E-state index in [1.807, 2.05) is 30.0 Å². The second-order valence-electron chi connectivity index (χ2n) is 5.44. The molecule has 20 heavy (non-hydrogen) atoms. The summed E-state index contributed by atoms with van der Waals surface area (Å²) in [5, 5.41) is 6.15. The SMILES string of the molecule is CSC1CCC(NCc2c(Cl)oc3ccccc23)CC1. The van der Waals surface area contributed by atoms with Gasteiger partial charge in [0.25, 0.3) is 0 Å². The minimum atomic E-state index is 0.525. The second-order valence-corrected chi connectivity index (χ2v) is 6.92. The Hall–Kier alpha value is -0.640. The number of benzene rings is 1. The van der Waals surface area contributed by atoms with E-state index in [4.69, 9.17) is 16.0 Å². The molecule has 1 N–H and O–H groups in total. The van der Waals surface area contributed by atoms with Crippen LogP contribution in [0.25, 0.3) is 11.0 Å². The molecule has 0 atom stereocenters. The van der Waals surface area contributed by atoms with Crippen LogP contribution in [0.2, 0.25) is 5.22 Å². The Labute approximate surface area is 129 Å². The van der Waals surface area contributed by atoms with E-state index in [1.54, 1.807) is 0 Å². The van der Waals surface area contributed by atoms with Gasteiger partial charge in [0.05, 0.1) is 0 Å². The lowest BCUT2D eigenvalue weighted by atomic mass is 9.95. The van der Waals surface area contributed by atoms with Gasteiger partial charge in [-0.3, -0.25) is 0 Å². The van der Waals surface area contributed by atoms with Gasteiger partial charge in [-0.25, -0.2) is 0 Å². The van der Waals surface area contributed by atoms with Crippen LogP contribution in [0, 0.1) is 0 Å². The van der Waals surface area contributed by atoms with Gasteiger partial charge in [0, 0.05) is 28.8 Å². The van der Waals surface area contributed by atoms with E-state index in [9.17, 15) is 0 Å². The summed E-state index contributed by atoms with van der Waals surface area (Å²) < 4.78 is 5.60. The van der Waals surface area contributed by atoms with Crippen molar-refractivity contribution >= 4 is 34.3 Å². The number of thioether (sulfide) groups is 1. The molecule has 1 aromatic heterocycles. The summed E-state index contributed by atoms with van der Waals surface area (Å²) in [5.41, 5.74) is 1.97. The van der Waals surface area contributed by atoms with E-state index in [2.05, 4.69) is 17.6 Å². The largest absolute Gasteiger partial charge is 0.444 e. The molecule has 0 saturated heterocycles. The summed E-state index contributed by atoms with van der Waals surface area (Å²) >= 11 is 8.23. The lowest BCUT2D eigenvalue weighted by molar-refractivity contribution is 0.378. The average Bonchev–Trinajstić information content (AvgIpc) is 2.81. The molecule has 1 heterocycles. The van der Waals surface area contributed by atoms with Crippen LogP contribution >= 0.6 is 23.4 Å². The number of hydrogen-bond donors (Lipinski definition) is 1. The van der Waals surface area contributed by atoms with Crippen LogP contribution < -0.4 is 5.32 Å². The van der Waals surface area contributed by atoms with Gasteiger partial charge in [0.15, 0.2) is 5.22 Å². The first-order chi connectivity index (χ1) is 9.78. The molecule has 0 aliphatic heterocycles. The summed E-state index contributed by atoms with van der Waals surface area (Å²) in [6.45, 7) is 0.796. The Kier molecular flexibility index (Phi) is 4.59. The van der Waals surface area contributed by atoms with Crippen molar-refractivity contribution in [2.45, 2.75) is 43.5 Å². The molecule has 2 aromatic rings. The van der Waals surface area contributed by atoms with Crippen LogP contribution in [0.3, 0.4) is 0 Å². The van der Waals surface area contributed by atoms with Gasteiger partial charge in [0.2, 0.25) is 0 Å². The topological polar surface area (TPSA) is 25.2 Å². The van der Waals surface area contributed by atoms with Gasteiger partial charge in [-0.1, -0.05) is 18.2 Å². The minimum absolute atomic E-state index is 0.525. The fraction of sp³-hybridized carbons (Fsp3) is 0.500. The molecule has 0 bridgehead atoms. The maximum absolute atomic E-state index is 6.22. The molecule has 1 aliphatic rings. The summed E-state index contributed by atoms with van der Waals surface area (Å²) in [6, 6.07) is 8.66. The highest BCUT2D eigenvalue weighted by molar-refractivity contribution is 7.99. The number of halogens is 1. The highest BCUT2D eigenvalue weighted by Crippen LogP contribution is 2.31. The van der Waals surface area contributed by atoms with Crippen LogP contribution in [0.5, 0.6) is 0 Å². The third-order valence-corrected chi connectivity index (χ3v) is 5.67. The molecule has 1 aromatic carbocycles. The molecule has 0 amide bonds. The summed E-state index contributed by atoms with van der Waals surface area (Å²) in [5.74, 6) is 0. The summed E-state index contributed by atoms with van der Waals surface area (Å²) in [6.07, 6.45) is 7.38. The van der Waals surface area contributed by atoms with E-state index in [-0.39, 0.29) is 0 Å². The number of furan rings is 1. The predicted octanol–water partition coefficient (Wildman–Crippen LogP) is 4.85. The Balaban J connectivity index is 1.64. The van der Waals surface area contributed by atoms with E-state index in [0.29, 0.717) is 11.3 Å². The number of hydrogen-bond acceptors (Lipinski definition) is 3. The fourth-order valence-corrected chi connectivity index (χ4v) is 3.98. The lowest BCUT2D eigenvalue weighted by Crippen LogP contribution is -2.33. The summed E-state index contributed by atoms with van der Waals surface area (Å²) in [4.78, 5) is 0. The number of fused-ring (bicyclic) bond motifs is 1. The van der Waals surface area contributed by atoms with Crippen molar-refractivity contribution in [3.63, 3.8) is 0 Å². The zero-order chi connectivity index (χ0) is 13.9. The van der Waals surface area contributed by atoms with Crippen molar-refractivity contribution in [1.82, 2.24) is 5.32 Å². The highest BCUT2D eigenvalue weighted by Gasteiger charge is 2.21. The molecule has 1 fully saturated rings. The first-order valence-electron chi connectivity index (χ1n) is 7.20. The number of para-hydroxylation sites is 1. The molecule has 0 spiro atoms. The zero-order valence-corrected chi connectivity index (χ0v) is 13.3. The Morgan fingerprint density at radius 1 is 1.25 bits per heavy atom. The third-order valence-electron chi connectivity index (χ3n) is 4.22. The normalized spacial score (nSPS) is 23.3. The standard InChI is InChI=1S/C16H20ClNOS/c1-20-12-8-6-11(7-9-12)18-10-14-13-4-2-3-5-15(13)19-16(14)17/h2-5,11-12,18H,6-10H2,1H3. The highest BCUT2D eigenvalue weighted by atomic mass is 35.5. The van der Waals surface area contributed by atoms with Gasteiger partial charge in [0.1, 0.15) is 5.58 Å². The molecular formula is C16H20ClNOS. The third kappa shape index (κ3) is 3.00. The van der Waals surface area contributed by atoms with E-state index in [0.717, 1.165) is 28.3 Å². The van der Waals surface area contributed by atoms with Gasteiger partial charge in [-0.05, 0) is 49.6 Å². The molecule has 4 heteroatoms. The molecule has 1 aliphatic carbocycles. The minimum Gasteiger partial charge on any atom is -0.444 e. The first-order valence-corrected chi connectivity index (χ1v) is 8.86. The molecule has 2 nitrogen and oxygen atoms in total. The average molecular weight is 310 g/mol. The molecule has 3 rings (SSSR count). The van der Waals surface area contributed by atoms with E-state index < -0.39 is 0 Å². The fourth-order valence-electron chi connectivity index (χ4n) is 2.98. The van der Waals surface area contributed by atoms with Crippen molar-refractivity contribution in [1.29, 1.82) is 0 Å². The maximum Gasteiger partial charge on any atom is 0.199 e. The van der Waals surface area contributed by atoms with Crippen molar-refractivity contribution in [2.24, 2.45) is 0 Å². The van der Waals surface area contributed by atoms with Gasteiger partial charge < -0.3 is 9.73 Å². The Morgan fingerprint density at radius 2 is 2.00 bits per heavy atom. The number of rotatable bonds is 4. The van der Waals surface area contributed by atoms with E-state index in [1.165, 1.54) is 25.7 Å². The monoisotopic (exact) mass is 309 g/mol. The molecule has 1 saturated carbocycles. The van der Waals surface area contributed by atoms with Crippen molar-refractivity contribution in [2.75, 3.05) is 6.26 Å². The zero-order valence-electron chi connectivity index (χ0n) is 11.7. The molecule has 0 radical (unpaired) electrons. The van der Waals surface area contributed by atoms with Crippen molar-refractivity contribution < 1.29 is 4.42 Å². The van der Waals surface area contributed by atoms with E-state index >= 15 is 0 Å². The van der Waals surface area contributed by atoms with Gasteiger partial charge >= 0.3 is 0 Å². The Morgan fingerprint density at radius 3 is 2.75 bits per heavy atom. The van der Waals surface area contributed by atoms with Crippen molar-refractivity contribution in [3.8, 4) is 0 Å². The summed E-state index contributed by atoms with van der Waals surface area (Å²) in [7, 11) is 0.